The predicted molar refractivity (Wildman–Crippen MR) is 63.0 cm³/mol. The summed E-state index contributed by atoms with van der Waals surface area (Å²) in [4.78, 5) is 34.5. The van der Waals surface area contributed by atoms with Gasteiger partial charge in [0.15, 0.2) is 0 Å². The number of carbonyl (C=O) groups excluding carboxylic acids is 1. The van der Waals surface area contributed by atoms with E-state index < -0.39 is 17.8 Å². The molecular weight excluding hydrogens is 256 g/mol. The molecule has 0 unspecified atom stereocenters. The van der Waals surface area contributed by atoms with Crippen LogP contribution < -0.4 is 5.73 Å². The zero-order valence-corrected chi connectivity index (χ0v) is 10.3. The Morgan fingerprint density at radius 1 is 1.00 bits per heavy atom. The van der Waals surface area contributed by atoms with E-state index in [1.54, 1.807) is 0 Å². The molecule has 0 aromatic rings. The lowest BCUT2D eigenvalue weighted by molar-refractivity contribution is -0.140. The molecule has 9 heteroatoms. The van der Waals surface area contributed by atoms with Gasteiger partial charge in [0.05, 0.1) is 32.2 Å². The number of aliphatic carboxylic acids is 2. The Hall–Kier alpha value is -2.18. The highest BCUT2D eigenvalue weighted by Crippen LogP contribution is 1.93. The average molecular weight is 272 g/mol. The first-order valence-electron chi connectivity index (χ1n) is 5.38. The average Bonchev–Trinajstić information content (AvgIpc) is 2.23. The maximum Gasteiger partial charge on any atom is 0.317 e. The molecule has 106 valence electrons. The molecule has 0 aromatic carbocycles. The summed E-state index contributed by atoms with van der Waals surface area (Å²) < 4.78 is 0. The summed E-state index contributed by atoms with van der Waals surface area (Å²) in [5.74, 6) is -2.88. The van der Waals surface area contributed by atoms with E-state index in [1.165, 1.54) is 9.80 Å². The van der Waals surface area contributed by atoms with E-state index >= 15 is 0 Å². The van der Waals surface area contributed by atoms with E-state index in [1.807, 2.05) is 6.07 Å². The quantitative estimate of drug-likeness (QED) is 0.378. The summed E-state index contributed by atoms with van der Waals surface area (Å²) in [5.41, 5.74) is 4.98. The lowest BCUT2D eigenvalue weighted by atomic mass is 10.4. The SMILES string of the molecule is N#CCN(CCN(CC(N)=O)CC(=O)O)CC(=O)O. The van der Waals surface area contributed by atoms with Gasteiger partial charge in [0.2, 0.25) is 5.91 Å². The van der Waals surface area contributed by atoms with E-state index in [9.17, 15) is 14.4 Å². The van der Waals surface area contributed by atoms with Crippen LogP contribution in [-0.2, 0) is 14.4 Å². The van der Waals surface area contributed by atoms with Crippen LogP contribution in [0.1, 0.15) is 0 Å². The third kappa shape index (κ3) is 9.51. The number of hydrogen-bond acceptors (Lipinski definition) is 6. The van der Waals surface area contributed by atoms with Gasteiger partial charge in [-0.25, -0.2) is 0 Å². The van der Waals surface area contributed by atoms with Crippen molar-refractivity contribution in [2.24, 2.45) is 5.73 Å². The number of amides is 1. The van der Waals surface area contributed by atoms with Crippen LogP contribution in [0.5, 0.6) is 0 Å². The topological polar surface area (TPSA) is 148 Å². The molecule has 0 saturated carbocycles. The molecule has 0 spiro atoms. The van der Waals surface area contributed by atoms with Gasteiger partial charge in [0, 0.05) is 13.1 Å². The van der Waals surface area contributed by atoms with Crippen LogP contribution in [-0.4, -0.2) is 77.1 Å². The first-order chi connectivity index (χ1) is 8.85. The van der Waals surface area contributed by atoms with Gasteiger partial charge in [-0.3, -0.25) is 24.2 Å². The molecule has 0 atom stereocenters. The number of primary amides is 1. The van der Waals surface area contributed by atoms with Gasteiger partial charge < -0.3 is 15.9 Å². The molecule has 0 bridgehead atoms. The minimum atomic E-state index is -1.12. The molecule has 19 heavy (non-hydrogen) atoms. The molecule has 0 aliphatic heterocycles. The Morgan fingerprint density at radius 2 is 1.47 bits per heavy atom. The number of nitrogens with two attached hydrogens (primary N) is 1. The van der Waals surface area contributed by atoms with Crippen LogP contribution in [0.15, 0.2) is 0 Å². The van der Waals surface area contributed by atoms with Crippen molar-refractivity contribution in [1.29, 1.82) is 5.26 Å². The van der Waals surface area contributed by atoms with E-state index in [2.05, 4.69) is 0 Å². The smallest absolute Gasteiger partial charge is 0.317 e. The number of carboxylic acids is 2. The number of nitriles is 1. The van der Waals surface area contributed by atoms with Crippen molar-refractivity contribution in [3.63, 3.8) is 0 Å². The maximum absolute atomic E-state index is 10.8. The Kier molecular flexibility index (Phi) is 7.83. The normalized spacial score (nSPS) is 10.4. The second-order valence-corrected chi connectivity index (χ2v) is 3.83. The van der Waals surface area contributed by atoms with Crippen LogP contribution in [0.25, 0.3) is 0 Å². The molecule has 0 heterocycles. The zero-order valence-electron chi connectivity index (χ0n) is 10.3. The maximum atomic E-state index is 10.8. The summed E-state index contributed by atoms with van der Waals surface area (Å²) in [6.45, 7) is -0.754. The number of nitrogens with zero attached hydrogens (tertiary/aromatic N) is 3. The van der Waals surface area contributed by atoms with E-state index in [4.69, 9.17) is 21.2 Å². The third-order valence-corrected chi connectivity index (χ3v) is 2.12. The number of carbonyl (C=O) groups is 3. The summed E-state index contributed by atoms with van der Waals surface area (Å²) in [7, 11) is 0. The predicted octanol–water partition coefficient (Wildman–Crippen LogP) is -2.23. The number of carboxylic acid groups (broad SMARTS) is 2. The van der Waals surface area contributed by atoms with E-state index in [-0.39, 0.29) is 39.3 Å². The molecule has 4 N–H and O–H groups in total. The molecule has 0 fully saturated rings. The molecule has 0 saturated heterocycles. The van der Waals surface area contributed by atoms with Crippen molar-refractivity contribution < 1.29 is 24.6 Å². The molecule has 1 amide bonds. The fraction of sp³-hybridized carbons (Fsp3) is 0.600. The lowest BCUT2D eigenvalue weighted by Crippen LogP contribution is -2.43. The number of hydrogen-bond donors (Lipinski definition) is 3. The molecule has 0 aliphatic rings. The van der Waals surface area contributed by atoms with Crippen molar-refractivity contribution in [2.45, 2.75) is 0 Å². The van der Waals surface area contributed by atoms with Gasteiger partial charge >= 0.3 is 11.9 Å². The molecular formula is C10H16N4O5. The van der Waals surface area contributed by atoms with Gasteiger partial charge in [-0.15, -0.1) is 0 Å². The first-order valence-corrected chi connectivity index (χ1v) is 5.38. The van der Waals surface area contributed by atoms with Gasteiger partial charge in [-0.2, -0.15) is 5.26 Å². The van der Waals surface area contributed by atoms with E-state index in [0.717, 1.165) is 0 Å². The largest absolute Gasteiger partial charge is 0.480 e. The van der Waals surface area contributed by atoms with Crippen molar-refractivity contribution >= 4 is 17.8 Å². The van der Waals surface area contributed by atoms with Crippen molar-refractivity contribution in [1.82, 2.24) is 9.80 Å². The van der Waals surface area contributed by atoms with Crippen molar-refractivity contribution in [2.75, 3.05) is 39.3 Å². The summed E-state index contributed by atoms with van der Waals surface area (Å²) >= 11 is 0. The third-order valence-electron chi connectivity index (χ3n) is 2.12. The fourth-order valence-corrected chi connectivity index (χ4v) is 1.41. The van der Waals surface area contributed by atoms with E-state index in [0.29, 0.717) is 0 Å². The monoisotopic (exact) mass is 272 g/mol. The van der Waals surface area contributed by atoms with Crippen LogP contribution in [0.4, 0.5) is 0 Å². The Labute approximate surface area is 109 Å². The van der Waals surface area contributed by atoms with Gasteiger partial charge in [-0.1, -0.05) is 0 Å². The van der Waals surface area contributed by atoms with Crippen LogP contribution >= 0.6 is 0 Å². The Morgan fingerprint density at radius 3 is 1.89 bits per heavy atom. The highest BCUT2D eigenvalue weighted by Gasteiger charge is 2.15. The molecule has 9 nitrogen and oxygen atoms in total. The first kappa shape index (κ1) is 16.8. The number of rotatable bonds is 10. The Balaban J connectivity index is 4.39. The van der Waals surface area contributed by atoms with Crippen LogP contribution in [0, 0.1) is 11.3 Å². The minimum absolute atomic E-state index is 0.0935. The summed E-state index contributed by atoms with van der Waals surface area (Å²) in [6, 6.07) is 1.81. The fourth-order valence-electron chi connectivity index (χ4n) is 1.41. The van der Waals surface area contributed by atoms with Crippen LogP contribution in [0.2, 0.25) is 0 Å². The standard InChI is InChI=1S/C10H16N4O5/c11-1-2-13(6-9(16)17)3-4-14(5-8(12)15)7-10(18)19/h2-7H2,(H2,12,15)(H,16,17)(H,18,19). The van der Waals surface area contributed by atoms with Crippen LogP contribution in [0.3, 0.4) is 0 Å². The lowest BCUT2D eigenvalue weighted by Gasteiger charge is -2.23. The molecule has 0 aliphatic carbocycles. The Bertz CT molecular complexity index is 363. The molecule has 0 radical (unpaired) electrons. The second kappa shape index (κ2) is 8.84. The zero-order chi connectivity index (χ0) is 14.8. The summed E-state index contributed by atoms with van der Waals surface area (Å²) in [6.07, 6.45) is 0. The van der Waals surface area contributed by atoms with Crippen molar-refractivity contribution in [3.8, 4) is 6.07 Å². The molecule has 0 aromatic heterocycles. The van der Waals surface area contributed by atoms with Crippen molar-refractivity contribution in [3.05, 3.63) is 0 Å². The second-order valence-electron chi connectivity index (χ2n) is 3.83. The minimum Gasteiger partial charge on any atom is -0.480 e. The van der Waals surface area contributed by atoms with Gasteiger partial charge in [0.25, 0.3) is 0 Å². The highest BCUT2D eigenvalue weighted by atomic mass is 16.4. The van der Waals surface area contributed by atoms with Gasteiger partial charge in [0.1, 0.15) is 0 Å². The highest BCUT2D eigenvalue weighted by molar-refractivity contribution is 5.77. The molecule has 0 rings (SSSR count). The summed E-state index contributed by atoms with van der Waals surface area (Å²) in [5, 5.41) is 25.8. The van der Waals surface area contributed by atoms with Gasteiger partial charge in [-0.05, 0) is 0 Å².